The van der Waals surface area contributed by atoms with Crippen molar-refractivity contribution in [2.75, 3.05) is 5.94 Å². The average molecular weight is 135 g/mol. The monoisotopic (exact) mass is 135 g/mol. The predicted octanol–water partition coefficient (Wildman–Crippen LogP) is -4.17. The Kier molecular flexibility index (Phi) is 5.89. The molecule has 0 radical (unpaired) electrons. The van der Waals surface area contributed by atoms with Crippen molar-refractivity contribution < 1.29 is 47.6 Å². The summed E-state index contributed by atoms with van der Waals surface area (Å²) < 4.78 is 26.2. The van der Waals surface area contributed by atoms with Gasteiger partial charge in [0.05, 0.1) is 0 Å². The van der Waals surface area contributed by atoms with Gasteiger partial charge in [-0.05, 0) is 0 Å². The molecule has 0 bridgehead atoms. The van der Waals surface area contributed by atoms with Crippen LogP contribution in [0.25, 0.3) is 0 Å². The van der Waals surface area contributed by atoms with Crippen LogP contribution >= 0.6 is 0 Å². The molecule has 0 atom stereocenters. The first-order valence-electron chi connectivity index (χ1n) is 1.12. The molecule has 7 heavy (non-hydrogen) atoms. The van der Waals surface area contributed by atoms with Gasteiger partial charge in [-0.15, -0.1) is 0 Å². The number of aliphatic hydroxyl groups is 1. The second-order valence-corrected chi connectivity index (χ2v) is 2.13. The van der Waals surface area contributed by atoms with Gasteiger partial charge in [-0.1, -0.05) is 0 Å². The van der Waals surface area contributed by atoms with E-state index in [1.165, 1.54) is 0 Å². The maximum absolute atomic E-state index is 9.31. The van der Waals surface area contributed by atoms with Gasteiger partial charge in [0.1, 0.15) is 0 Å². The standard InChI is InChI=1S/CH4O4S.Na/c2-1-6(3,4)5;/h2H,1H2,(H,3,4,5);/q;+1. The van der Waals surface area contributed by atoms with Crippen LogP contribution in [0.3, 0.4) is 0 Å². The molecule has 2 N–H and O–H groups in total. The van der Waals surface area contributed by atoms with Crippen LogP contribution in [0.1, 0.15) is 0 Å². The van der Waals surface area contributed by atoms with Crippen LogP contribution in [-0.2, 0) is 10.1 Å². The van der Waals surface area contributed by atoms with E-state index in [9.17, 15) is 8.42 Å². The van der Waals surface area contributed by atoms with Crippen molar-refractivity contribution in [3.8, 4) is 0 Å². The maximum atomic E-state index is 9.31. The first-order chi connectivity index (χ1) is 2.56. The Morgan fingerprint density at radius 1 is 1.43 bits per heavy atom. The SMILES string of the molecule is O=S(=O)(O)CO.[Na+]. The van der Waals surface area contributed by atoms with E-state index in [1.54, 1.807) is 0 Å². The van der Waals surface area contributed by atoms with Crippen LogP contribution in [0.15, 0.2) is 0 Å². The fourth-order valence-electron chi connectivity index (χ4n) is 0. The van der Waals surface area contributed by atoms with Gasteiger partial charge in [0, 0.05) is 0 Å². The molecule has 0 aliphatic carbocycles. The maximum Gasteiger partial charge on any atom is 1.00 e. The van der Waals surface area contributed by atoms with Crippen LogP contribution in [0.5, 0.6) is 0 Å². The number of rotatable bonds is 1. The molecule has 0 spiro atoms. The topological polar surface area (TPSA) is 74.6 Å². The van der Waals surface area contributed by atoms with Crippen LogP contribution in [0.4, 0.5) is 0 Å². The number of hydrogen-bond donors (Lipinski definition) is 2. The number of aliphatic hydroxyl groups excluding tert-OH is 1. The van der Waals surface area contributed by atoms with Crippen molar-refractivity contribution in [1.29, 1.82) is 0 Å². The molecular weight excluding hydrogens is 131 g/mol. The van der Waals surface area contributed by atoms with Crippen LogP contribution in [0, 0.1) is 0 Å². The molecule has 0 aromatic heterocycles. The fraction of sp³-hybridized carbons (Fsp3) is 1.00. The molecule has 0 aromatic carbocycles. The summed E-state index contributed by atoms with van der Waals surface area (Å²) in [6, 6.07) is 0. The molecule has 0 amide bonds. The van der Waals surface area contributed by atoms with E-state index in [4.69, 9.17) is 9.66 Å². The van der Waals surface area contributed by atoms with E-state index in [0.717, 1.165) is 0 Å². The van der Waals surface area contributed by atoms with Crippen molar-refractivity contribution in [3.05, 3.63) is 0 Å². The van der Waals surface area contributed by atoms with Gasteiger partial charge in [-0.3, -0.25) is 4.55 Å². The van der Waals surface area contributed by atoms with Crippen molar-refractivity contribution in [3.63, 3.8) is 0 Å². The van der Waals surface area contributed by atoms with Gasteiger partial charge < -0.3 is 5.11 Å². The molecule has 4 nitrogen and oxygen atoms in total. The molecule has 0 aromatic rings. The van der Waals surface area contributed by atoms with Crippen molar-refractivity contribution in [2.45, 2.75) is 0 Å². The van der Waals surface area contributed by atoms with Gasteiger partial charge in [0.15, 0.2) is 5.94 Å². The Bertz CT molecular complexity index is 114. The Morgan fingerprint density at radius 2 is 1.57 bits per heavy atom. The van der Waals surface area contributed by atoms with Crippen molar-refractivity contribution in [2.24, 2.45) is 0 Å². The summed E-state index contributed by atoms with van der Waals surface area (Å²) in [5, 5.41) is 7.56. The summed E-state index contributed by atoms with van der Waals surface area (Å²) in [7, 11) is -4.11. The zero-order chi connectivity index (χ0) is 5.21. The summed E-state index contributed by atoms with van der Waals surface area (Å²) >= 11 is 0. The van der Waals surface area contributed by atoms with E-state index in [1.807, 2.05) is 0 Å². The van der Waals surface area contributed by atoms with E-state index < -0.39 is 16.1 Å². The third-order valence-electron chi connectivity index (χ3n) is 0.163. The molecule has 0 saturated heterocycles. The van der Waals surface area contributed by atoms with Gasteiger partial charge in [0.25, 0.3) is 10.1 Å². The first kappa shape index (κ1) is 10.8. The van der Waals surface area contributed by atoms with Gasteiger partial charge in [0.2, 0.25) is 0 Å². The normalized spacial score (nSPS) is 10.0. The molecule has 0 heterocycles. The second-order valence-electron chi connectivity index (χ2n) is 0.711. The Balaban J connectivity index is 0. The van der Waals surface area contributed by atoms with Crippen molar-refractivity contribution in [1.82, 2.24) is 0 Å². The van der Waals surface area contributed by atoms with Crippen LogP contribution < -0.4 is 29.6 Å². The molecular formula is CH4NaO4S+. The molecule has 0 unspecified atom stereocenters. The first-order valence-corrected chi connectivity index (χ1v) is 2.73. The summed E-state index contributed by atoms with van der Waals surface area (Å²) in [6.45, 7) is 0. The second kappa shape index (κ2) is 3.82. The zero-order valence-electron chi connectivity index (χ0n) is 3.83. The minimum Gasteiger partial charge on any atom is -0.378 e. The number of hydrogen-bond acceptors (Lipinski definition) is 3. The van der Waals surface area contributed by atoms with Crippen LogP contribution in [-0.4, -0.2) is 24.0 Å². The molecule has 6 heteroatoms. The summed E-state index contributed by atoms with van der Waals surface area (Å²) in [5.74, 6) is -1.20. The summed E-state index contributed by atoms with van der Waals surface area (Å²) in [4.78, 5) is 0. The Hall–Kier alpha value is 0.870. The van der Waals surface area contributed by atoms with E-state index in [0.29, 0.717) is 0 Å². The Labute approximate surface area is 63.6 Å². The molecule has 0 fully saturated rings. The minimum atomic E-state index is -4.11. The third kappa shape index (κ3) is 10.9. The summed E-state index contributed by atoms with van der Waals surface area (Å²) in [6.07, 6.45) is 0. The van der Waals surface area contributed by atoms with Gasteiger partial charge in [-0.25, -0.2) is 0 Å². The minimum absolute atomic E-state index is 0. The van der Waals surface area contributed by atoms with E-state index >= 15 is 0 Å². The summed E-state index contributed by atoms with van der Waals surface area (Å²) in [5.41, 5.74) is 0. The van der Waals surface area contributed by atoms with Crippen LogP contribution in [0.2, 0.25) is 0 Å². The van der Waals surface area contributed by atoms with E-state index in [-0.39, 0.29) is 29.6 Å². The zero-order valence-corrected chi connectivity index (χ0v) is 6.64. The molecule has 0 aliphatic rings. The third-order valence-corrected chi connectivity index (χ3v) is 0.489. The molecule has 38 valence electrons. The molecule has 0 rings (SSSR count). The smallest absolute Gasteiger partial charge is 0.378 e. The molecule has 0 aliphatic heterocycles. The van der Waals surface area contributed by atoms with E-state index in [2.05, 4.69) is 0 Å². The average Bonchev–Trinajstić information content (AvgIpc) is 1.35. The van der Waals surface area contributed by atoms with Crippen molar-refractivity contribution >= 4 is 10.1 Å². The largest absolute Gasteiger partial charge is 1.00 e. The Morgan fingerprint density at radius 3 is 1.57 bits per heavy atom. The van der Waals surface area contributed by atoms with Gasteiger partial charge in [-0.2, -0.15) is 8.42 Å². The fourth-order valence-corrected chi connectivity index (χ4v) is 0. The predicted molar refractivity (Wildman–Crippen MR) is 18.6 cm³/mol. The van der Waals surface area contributed by atoms with Gasteiger partial charge >= 0.3 is 29.6 Å². The quantitative estimate of drug-likeness (QED) is 0.282. The molecule has 0 saturated carbocycles.